The maximum absolute atomic E-state index is 12.4. The number of nitrogens with zero attached hydrogens (tertiary/aromatic N) is 4. The zero-order valence-electron chi connectivity index (χ0n) is 12.3. The van der Waals surface area contributed by atoms with Crippen molar-refractivity contribution in [1.29, 1.82) is 0 Å². The number of hydrogen-bond acceptors (Lipinski definition) is 5. The molecule has 0 N–H and O–H groups in total. The molecular formula is C14H18N4O3S. The normalized spacial score (nSPS) is 16.5. The van der Waals surface area contributed by atoms with Crippen molar-refractivity contribution in [3.63, 3.8) is 0 Å². The van der Waals surface area contributed by atoms with Crippen LogP contribution in [-0.2, 0) is 16.8 Å². The summed E-state index contributed by atoms with van der Waals surface area (Å²) in [4.78, 5) is 4.03. The van der Waals surface area contributed by atoms with Crippen LogP contribution in [0.2, 0.25) is 0 Å². The second-order valence-corrected chi connectivity index (χ2v) is 7.33. The van der Waals surface area contributed by atoms with Gasteiger partial charge in [0.15, 0.2) is 5.76 Å². The van der Waals surface area contributed by atoms with Gasteiger partial charge in [-0.15, -0.1) is 0 Å². The second kappa shape index (κ2) is 6.15. The third-order valence-electron chi connectivity index (χ3n) is 3.68. The van der Waals surface area contributed by atoms with Crippen LogP contribution in [0.1, 0.15) is 18.6 Å². The standard InChI is InChI=1S/C14H18N4O3S/c1-17(22(19,20)18-7-2-3-8-18)11-13-9-14(16-21-13)12-5-4-6-15-10-12/h4-6,9-10H,2-3,7-8,11H2,1H3. The number of pyridine rings is 1. The van der Waals surface area contributed by atoms with E-state index in [-0.39, 0.29) is 6.54 Å². The first-order chi connectivity index (χ1) is 10.6. The van der Waals surface area contributed by atoms with Crippen LogP contribution >= 0.6 is 0 Å². The van der Waals surface area contributed by atoms with Gasteiger partial charge in [0, 0.05) is 44.2 Å². The van der Waals surface area contributed by atoms with Gasteiger partial charge in [0.05, 0.1) is 6.54 Å². The van der Waals surface area contributed by atoms with Crippen LogP contribution in [0.25, 0.3) is 11.3 Å². The van der Waals surface area contributed by atoms with Gasteiger partial charge in [0.2, 0.25) is 0 Å². The maximum atomic E-state index is 12.4. The van der Waals surface area contributed by atoms with E-state index in [9.17, 15) is 8.42 Å². The fourth-order valence-corrected chi connectivity index (χ4v) is 3.86. The highest BCUT2D eigenvalue weighted by molar-refractivity contribution is 7.86. The minimum Gasteiger partial charge on any atom is -0.359 e. The highest BCUT2D eigenvalue weighted by Crippen LogP contribution is 2.21. The van der Waals surface area contributed by atoms with Gasteiger partial charge in [-0.3, -0.25) is 4.98 Å². The molecule has 0 bridgehead atoms. The van der Waals surface area contributed by atoms with Crippen molar-refractivity contribution in [2.45, 2.75) is 19.4 Å². The van der Waals surface area contributed by atoms with Crippen molar-refractivity contribution < 1.29 is 12.9 Å². The van der Waals surface area contributed by atoms with E-state index in [0.717, 1.165) is 18.4 Å². The fraction of sp³-hybridized carbons (Fsp3) is 0.429. The molecule has 0 spiro atoms. The predicted octanol–water partition coefficient (Wildman–Crippen LogP) is 1.51. The molecule has 0 saturated carbocycles. The van der Waals surface area contributed by atoms with Crippen molar-refractivity contribution in [3.8, 4) is 11.3 Å². The van der Waals surface area contributed by atoms with E-state index >= 15 is 0 Å². The zero-order valence-corrected chi connectivity index (χ0v) is 13.2. The Balaban J connectivity index is 1.72. The van der Waals surface area contributed by atoms with Crippen LogP contribution in [0, 0.1) is 0 Å². The average molecular weight is 322 g/mol. The Labute approximate surface area is 129 Å². The molecule has 0 aromatic carbocycles. The Morgan fingerprint density at radius 2 is 2.14 bits per heavy atom. The Kier molecular flexibility index (Phi) is 4.23. The summed E-state index contributed by atoms with van der Waals surface area (Å²) in [5, 5.41) is 3.97. The number of aromatic nitrogens is 2. The minimum absolute atomic E-state index is 0.159. The average Bonchev–Trinajstić information content (AvgIpc) is 3.20. The SMILES string of the molecule is CN(Cc1cc(-c2cccnc2)no1)S(=O)(=O)N1CCCC1. The lowest BCUT2D eigenvalue weighted by Gasteiger charge is -2.22. The summed E-state index contributed by atoms with van der Waals surface area (Å²) in [7, 11) is -1.87. The molecule has 118 valence electrons. The molecule has 1 fully saturated rings. The summed E-state index contributed by atoms with van der Waals surface area (Å²) in [6.07, 6.45) is 5.20. The first kappa shape index (κ1) is 15.1. The van der Waals surface area contributed by atoms with Crippen LogP contribution in [0.5, 0.6) is 0 Å². The molecule has 1 aliphatic heterocycles. The second-order valence-electron chi connectivity index (χ2n) is 5.29. The Hall–Kier alpha value is -1.77. The molecule has 1 aliphatic rings. The van der Waals surface area contributed by atoms with Gasteiger partial charge in [-0.25, -0.2) is 0 Å². The lowest BCUT2D eigenvalue weighted by molar-refractivity contribution is 0.329. The highest BCUT2D eigenvalue weighted by atomic mass is 32.2. The van der Waals surface area contributed by atoms with Gasteiger partial charge >= 0.3 is 0 Å². The molecule has 0 aliphatic carbocycles. The van der Waals surface area contributed by atoms with E-state index in [4.69, 9.17) is 4.52 Å². The minimum atomic E-state index is -3.43. The number of rotatable bonds is 5. The molecule has 0 atom stereocenters. The van der Waals surface area contributed by atoms with Crippen LogP contribution in [0.3, 0.4) is 0 Å². The van der Waals surface area contributed by atoms with Gasteiger partial charge in [-0.1, -0.05) is 5.16 Å². The maximum Gasteiger partial charge on any atom is 0.282 e. The largest absolute Gasteiger partial charge is 0.359 e. The van der Waals surface area contributed by atoms with Crippen molar-refractivity contribution in [1.82, 2.24) is 18.8 Å². The molecule has 0 amide bonds. The van der Waals surface area contributed by atoms with Gasteiger partial charge in [0.25, 0.3) is 10.2 Å². The van der Waals surface area contributed by atoms with E-state index in [2.05, 4.69) is 10.1 Å². The van der Waals surface area contributed by atoms with Crippen LogP contribution in [-0.4, -0.2) is 47.3 Å². The van der Waals surface area contributed by atoms with E-state index in [1.54, 1.807) is 25.5 Å². The third kappa shape index (κ3) is 3.03. The quantitative estimate of drug-likeness (QED) is 0.833. The first-order valence-corrected chi connectivity index (χ1v) is 8.54. The molecule has 3 heterocycles. The van der Waals surface area contributed by atoms with Gasteiger partial charge < -0.3 is 4.52 Å². The predicted molar refractivity (Wildman–Crippen MR) is 80.9 cm³/mol. The fourth-order valence-electron chi connectivity index (χ4n) is 2.45. The lowest BCUT2D eigenvalue weighted by Crippen LogP contribution is -2.39. The summed E-state index contributed by atoms with van der Waals surface area (Å²) < 4.78 is 32.8. The summed E-state index contributed by atoms with van der Waals surface area (Å²) >= 11 is 0. The summed E-state index contributed by atoms with van der Waals surface area (Å²) in [5.41, 5.74) is 1.48. The van der Waals surface area contributed by atoms with Crippen LogP contribution in [0.15, 0.2) is 35.1 Å². The van der Waals surface area contributed by atoms with Gasteiger partial charge in [-0.2, -0.15) is 17.0 Å². The van der Waals surface area contributed by atoms with Gasteiger partial charge in [-0.05, 0) is 25.0 Å². The Bertz CT molecular complexity index is 724. The molecule has 22 heavy (non-hydrogen) atoms. The van der Waals surface area contributed by atoms with Crippen LogP contribution < -0.4 is 0 Å². The van der Waals surface area contributed by atoms with Crippen molar-refractivity contribution in [3.05, 3.63) is 36.4 Å². The van der Waals surface area contributed by atoms with Crippen molar-refractivity contribution in [2.75, 3.05) is 20.1 Å². The highest BCUT2D eigenvalue weighted by Gasteiger charge is 2.30. The molecule has 0 radical (unpaired) electrons. The summed E-state index contributed by atoms with van der Waals surface area (Å²) in [5.74, 6) is 0.504. The molecule has 3 rings (SSSR count). The van der Waals surface area contributed by atoms with E-state index in [1.165, 1.54) is 8.61 Å². The first-order valence-electron chi connectivity index (χ1n) is 7.15. The molecular weight excluding hydrogens is 304 g/mol. The molecule has 1 saturated heterocycles. The summed E-state index contributed by atoms with van der Waals surface area (Å²) in [6.45, 7) is 1.33. The summed E-state index contributed by atoms with van der Waals surface area (Å²) in [6, 6.07) is 5.43. The van der Waals surface area contributed by atoms with E-state index in [0.29, 0.717) is 24.5 Å². The Morgan fingerprint density at radius 1 is 1.36 bits per heavy atom. The third-order valence-corrected chi connectivity index (χ3v) is 5.61. The topological polar surface area (TPSA) is 79.5 Å². The van der Waals surface area contributed by atoms with Crippen LogP contribution in [0.4, 0.5) is 0 Å². The van der Waals surface area contributed by atoms with E-state index < -0.39 is 10.2 Å². The van der Waals surface area contributed by atoms with Gasteiger partial charge in [0.1, 0.15) is 5.69 Å². The van der Waals surface area contributed by atoms with E-state index in [1.807, 2.05) is 12.1 Å². The smallest absolute Gasteiger partial charge is 0.282 e. The van der Waals surface area contributed by atoms with Crippen molar-refractivity contribution >= 4 is 10.2 Å². The van der Waals surface area contributed by atoms with Crippen molar-refractivity contribution in [2.24, 2.45) is 0 Å². The molecule has 7 nitrogen and oxygen atoms in total. The number of hydrogen-bond donors (Lipinski definition) is 0. The molecule has 8 heteroatoms. The molecule has 2 aromatic rings. The Morgan fingerprint density at radius 3 is 2.82 bits per heavy atom. The molecule has 0 unspecified atom stereocenters. The molecule has 2 aromatic heterocycles. The zero-order chi connectivity index (χ0) is 15.6. The lowest BCUT2D eigenvalue weighted by atomic mass is 10.2. The monoisotopic (exact) mass is 322 g/mol.